The Labute approximate surface area is 135 Å². The summed E-state index contributed by atoms with van der Waals surface area (Å²) in [5, 5.41) is 5.44. The first-order valence-corrected chi connectivity index (χ1v) is 8.05. The Morgan fingerprint density at radius 2 is 1.78 bits per heavy atom. The molecule has 23 heavy (non-hydrogen) atoms. The molecule has 0 radical (unpaired) electrons. The summed E-state index contributed by atoms with van der Waals surface area (Å²) >= 11 is 0. The molecule has 2 N–H and O–H groups in total. The van der Waals surface area contributed by atoms with E-state index in [1.165, 1.54) is 0 Å². The highest BCUT2D eigenvalue weighted by molar-refractivity contribution is 6.39. The summed E-state index contributed by atoms with van der Waals surface area (Å²) in [7, 11) is 0. The van der Waals surface area contributed by atoms with Gasteiger partial charge in [0, 0.05) is 31.5 Å². The predicted octanol–water partition coefficient (Wildman–Crippen LogP) is 1.47. The van der Waals surface area contributed by atoms with Gasteiger partial charge in [0.1, 0.15) is 0 Å². The average Bonchev–Trinajstić information content (AvgIpc) is 2.56. The summed E-state index contributed by atoms with van der Waals surface area (Å²) < 4.78 is 11.3. The Hall–Kier alpha value is -1.92. The number of carbonyl (C=O) groups is 2. The lowest BCUT2D eigenvalue weighted by atomic mass is 9.84. The summed E-state index contributed by atoms with van der Waals surface area (Å²) in [4.78, 5) is 24.1. The highest BCUT2D eigenvalue weighted by Gasteiger charge is 2.39. The number of amides is 2. The third kappa shape index (κ3) is 4.09. The van der Waals surface area contributed by atoms with Crippen molar-refractivity contribution in [2.75, 3.05) is 25.1 Å². The molecule has 1 aromatic rings. The van der Waals surface area contributed by atoms with Crippen LogP contribution in [0.5, 0.6) is 0 Å². The molecule has 0 saturated carbocycles. The Balaban J connectivity index is 1.53. The van der Waals surface area contributed by atoms with Gasteiger partial charge in [-0.1, -0.05) is 18.2 Å². The summed E-state index contributed by atoms with van der Waals surface area (Å²) in [6.45, 7) is 1.98. The van der Waals surface area contributed by atoms with Gasteiger partial charge < -0.3 is 20.1 Å². The second kappa shape index (κ2) is 7.10. The minimum Gasteiger partial charge on any atom is -0.381 e. The topological polar surface area (TPSA) is 76.7 Å². The summed E-state index contributed by atoms with van der Waals surface area (Å²) in [6.07, 6.45) is 3.15. The molecular formula is C17H22N2O4. The lowest BCUT2D eigenvalue weighted by molar-refractivity contribution is -0.147. The lowest BCUT2D eigenvalue weighted by Crippen LogP contribution is -2.52. The normalized spacial score (nSPS) is 23.2. The average molecular weight is 318 g/mol. The van der Waals surface area contributed by atoms with E-state index in [2.05, 4.69) is 10.6 Å². The minimum atomic E-state index is -0.635. The minimum absolute atomic E-state index is 0.0316. The monoisotopic (exact) mass is 318 g/mol. The first-order chi connectivity index (χ1) is 11.2. The van der Waals surface area contributed by atoms with Gasteiger partial charge in [-0.3, -0.25) is 9.59 Å². The molecule has 2 heterocycles. The van der Waals surface area contributed by atoms with Crippen LogP contribution < -0.4 is 10.6 Å². The van der Waals surface area contributed by atoms with Crippen molar-refractivity contribution in [1.82, 2.24) is 5.32 Å². The molecule has 0 aliphatic carbocycles. The first-order valence-electron chi connectivity index (χ1n) is 8.05. The first kappa shape index (κ1) is 16.0. The number of hydrogen-bond donors (Lipinski definition) is 2. The van der Waals surface area contributed by atoms with E-state index in [4.69, 9.17) is 9.47 Å². The molecule has 6 nitrogen and oxygen atoms in total. The number of rotatable bonds is 2. The van der Waals surface area contributed by atoms with Gasteiger partial charge in [0.2, 0.25) is 0 Å². The maximum atomic E-state index is 12.1. The number of carbonyl (C=O) groups excluding carboxylic acids is 2. The van der Waals surface area contributed by atoms with E-state index in [1.807, 2.05) is 6.07 Å². The fraction of sp³-hybridized carbons (Fsp3) is 0.529. The zero-order valence-electron chi connectivity index (χ0n) is 13.0. The van der Waals surface area contributed by atoms with E-state index in [0.29, 0.717) is 25.5 Å². The van der Waals surface area contributed by atoms with Gasteiger partial charge in [-0.15, -0.1) is 0 Å². The quantitative estimate of drug-likeness (QED) is 0.810. The molecule has 2 fully saturated rings. The van der Waals surface area contributed by atoms with E-state index < -0.39 is 11.8 Å². The molecule has 1 aromatic carbocycles. The molecule has 2 aliphatic heterocycles. The summed E-state index contributed by atoms with van der Waals surface area (Å²) in [6, 6.07) is 8.93. The third-order valence-corrected chi connectivity index (χ3v) is 4.47. The van der Waals surface area contributed by atoms with E-state index in [9.17, 15) is 9.59 Å². The van der Waals surface area contributed by atoms with Gasteiger partial charge in [0.25, 0.3) is 0 Å². The van der Waals surface area contributed by atoms with Gasteiger partial charge in [-0.2, -0.15) is 0 Å². The SMILES string of the molecule is O=C(Nc1ccccc1)C(=O)N[C@@H]1CCOC2(CCOCC2)C1. The van der Waals surface area contributed by atoms with Crippen LogP contribution in [-0.2, 0) is 19.1 Å². The van der Waals surface area contributed by atoms with Crippen molar-refractivity contribution in [3.05, 3.63) is 30.3 Å². The smallest absolute Gasteiger partial charge is 0.313 e. The van der Waals surface area contributed by atoms with Crippen LogP contribution in [0.2, 0.25) is 0 Å². The molecule has 2 aliphatic rings. The van der Waals surface area contributed by atoms with Crippen molar-refractivity contribution in [2.24, 2.45) is 0 Å². The maximum absolute atomic E-state index is 12.1. The van der Waals surface area contributed by atoms with E-state index >= 15 is 0 Å². The van der Waals surface area contributed by atoms with Crippen molar-refractivity contribution in [2.45, 2.75) is 37.3 Å². The van der Waals surface area contributed by atoms with Crippen LogP contribution in [-0.4, -0.2) is 43.3 Å². The van der Waals surface area contributed by atoms with Crippen LogP contribution in [0.4, 0.5) is 5.69 Å². The van der Waals surface area contributed by atoms with Crippen molar-refractivity contribution >= 4 is 17.5 Å². The number of ether oxygens (including phenoxy) is 2. The van der Waals surface area contributed by atoms with Crippen LogP contribution in [0.3, 0.4) is 0 Å². The van der Waals surface area contributed by atoms with Gasteiger partial charge in [-0.25, -0.2) is 0 Å². The van der Waals surface area contributed by atoms with Crippen LogP contribution in [0.25, 0.3) is 0 Å². The molecule has 0 aromatic heterocycles. The molecule has 2 amide bonds. The summed E-state index contributed by atoms with van der Waals surface area (Å²) in [5.74, 6) is -1.23. The summed E-state index contributed by atoms with van der Waals surface area (Å²) in [5.41, 5.74) is 0.408. The number of benzene rings is 1. The second-order valence-electron chi connectivity index (χ2n) is 6.13. The van der Waals surface area contributed by atoms with Crippen LogP contribution in [0.1, 0.15) is 25.7 Å². The van der Waals surface area contributed by atoms with E-state index in [0.717, 1.165) is 25.7 Å². The molecule has 1 spiro atoms. The van der Waals surface area contributed by atoms with E-state index in [1.54, 1.807) is 24.3 Å². The molecule has 124 valence electrons. The number of nitrogens with one attached hydrogen (secondary N) is 2. The fourth-order valence-electron chi connectivity index (χ4n) is 3.20. The molecule has 0 bridgehead atoms. The number of hydrogen-bond acceptors (Lipinski definition) is 4. The molecule has 3 rings (SSSR count). The van der Waals surface area contributed by atoms with E-state index in [-0.39, 0.29) is 11.6 Å². The Bertz CT molecular complexity index is 549. The van der Waals surface area contributed by atoms with Crippen molar-refractivity contribution in [3.63, 3.8) is 0 Å². The highest BCUT2D eigenvalue weighted by Crippen LogP contribution is 2.34. The van der Waals surface area contributed by atoms with Crippen LogP contribution in [0, 0.1) is 0 Å². The fourth-order valence-corrected chi connectivity index (χ4v) is 3.20. The number of anilines is 1. The number of para-hydroxylation sites is 1. The molecule has 1 atom stereocenters. The Kier molecular flexibility index (Phi) is 4.93. The molecule has 6 heteroatoms. The zero-order valence-corrected chi connectivity index (χ0v) is 13.0. The third-order valence-electron chi connectivity index (χ3n) is 4.47. The largest absolute Gasteiger partial charge is 0.381 e. The van der Waals surface area contributed by atoms with Crippen LogP contribution in [0.15, 0.2) is 30.3 Å². The molecular weight excluding hydrogens is 296 g/mol. The molecule has 2 saturated heterocycles. The van der Waals surface area contributed by atoms with Crippen molar-refractivity contribution in [1.29, 1.82) is 0 Å². The van der Waals surface area contributed by atoms with Gasteiger partial charge >= 0.3 is 11.8 Å². The van der Waals surface area contributed by atoms with Gasteiger partial charge in [0.05, 0.1) is 5.60 Å². The van der Waals surface area contributed by atoms with Crippen molar-refractivity contribution < 1.29 is 19.1 Å². The Morgan fingerprint density at radius 1 is 1.04 bits per heavy atom. The zero-order chi connectivity index (χ0) is 16.1. The van der Waals surface area contributed by atoms with Crippen molar-refractivity contribution in [3.8, 4) is 0 Å². The lowest BCUT2D eigenvalue weighted by Gasteiger charge is -2.43. The highest BCUT2D eigenvalue weighted by atomic mass is 16.5. The Morgan fingerprint density at radius 3 is 2.52 bits per heavy atom. The molecule has 0 unspecified atom stereocenters. The maximum Gasteiger partial charge on any atom is 0.313 e. The predicted molar refractivity (Wildman–Crippen MR) is 85.0 cm³/mol. The van der Waals surface area contributed by atoms with Gasteiger partial charge in [0.15, 0.2) is 0 Å². The van der Waals surface area contributed by atoms with Crippen LogP contribution >= 0.6 is 0 Å². The second-order valence-corrected chi connectivity index (χ2v) is 6.13. The standard InChI is InChI=1S/C17H22N2O4/c20-15(18-13-4-2-1-3-5-13)16(21)19-14-6-9-23-17(12-14)7-10-22-11-8-17/h1-5,14H,6-12H2,(H,18,20)(H,19,21)/t14-/m1/s1. The van der Waals surface area contributed by atoms with Gasteiger partial charge in [-0.05, 0) is 37.8 Å².